The molecule has 0 saturated heterocycles. The minimum atomic E-state index is -3.47. The number of benzene rings is 2. The molecule has 6 nitrogen and oxygen atoms in total. The third-order valence-corrected chi connectivity index (χ3v) is 5.24. The fraction of sp³-hybridized carbons (Fsp3) is 0.316. The number of sulfonamides is 1. The van der Waals surface area contributed by atoms with Crippen LogP contribution in [0.5, 0.6) is 0 Å². The quantitative estimate of drug-likeness (QED) is 0.644. The van der Waals surface area contributed by atoms with E-state index >= 15 is 0 Å². The number of urea groups is 1. The fourth-order valence-corrected chi connectivity index (χ4v) is 4.02. The van der Waals surface area contributed by atoms with Crippen LogP contribution in [0.2, 0.25) is 0 Å². The highest BCUT2D eigenvalue weighted by atomic mass is 32.2. The molecule has 0 heterocycles. The third-order valence-electron chi connectivity index (χ3n) is 3.72. The lowest BCUT2D eigenvalue weighted by Gasteiger charge is -2.14. The highest BCUT2D eigenvalue weighted by molar-refractivity contribution is 7.88. The van der Waals surface area contributed by atoms with Crippen molar-refractivity contribution in [3.8, 4) is 0 Å². The summed E-state index contributed by atoms with van der Waals surface area (Å²) in [5.41, 5.74) is 1.70. The molecule has 0 fully saturated rings. The molecule has 0 aromatic heterocycles. The third kappa shape index (κ3) is 6.99. The van der Waals surface area contributed by atoms with E-state index in [9.17, 15) is 17.6 Å². The molecule has 3 N–H and O–H groups in total. The van der Waals surface area contributed by atoms with Crippen molar-refractivity contribution in [3.63, 3.8) is 0 Å². The summed E-state index contributed by atoms with van der Waals surface area (Å²) in [7, 11) is -3.47. The predicted molar refractivity (Wildman–Crippen MR) is 103 cm³/mol. The molecule has 2 aromatic rings. The number of hydrogen-bond donors (Lipinski definition) is 3. The predicted octanol–water partition coefficient (Wildman–Crippen LogP) is 2.65. The average Bonchev–Trinajstić information content (AvgIpc) is 2.59. The first-order chi connectivity index (χ1) is 12.8. The molecule has 0 spiro atoms. The molecule has 146 valence electrons. The summed E-state index contributed by atoms with van der Waals surface area (Å²) < 4.78 is 40.4. The van der Waals surface area contributed by atoms with Gasteiger partial charge in [0.1, 0.15) is 5.82 Å². The van der Waals surface area contributed by atoms with Gasteiger partial charge >= 0.3 is 6.03 Å². The number of halogens is 1. The normalized spacial score (nSPS) is 11.4. The molecule has 0 unspecified atom stereocenters. The van der Waals surface area contributed by atoms with E-state index < -0.39 is 16.1 Å². The van der Waals surface area contributed by atoms with Gasteiger partial charge in [-0.1, -0.05) is 42.5 Å². The SMILES string of the molecule is CC(C)NS(=O)(=O)Cc1ccccc1CNC(=O)NCc1ccccc1F. The van der Waals surface area contributed by atoms with E-state index in [4.69, 9.17) is 0 Å². The van der Waals surface area contributed by atoms with Crippen LogP contribution in [0.3, 0.4) is 0 Å². The molecule has 27 heavy (non-hydrogen) atoms. The summed E-state index contributed by atoms with van der Waals surface area (Å²) in [6.07, 6.45) is 0. The van der Waals surface area contributed by atoms with Crippen LogP contribution in [0.25, 0.3) is 0 Å². The van der Waals surface area contributed by atoms with E-state index in [0.29, 0.717) is 16.7 Å². The average molecular weight is 393 g/mol. The summed E-state index contributed by atoms with van der Waals surface area (Å²) in [6.45, 7) is 3.74. The van der Waals surface area contributed by atoms with E-state index in [0.717, 1.165) is 0 Å². The van der Waals surface area contributed by atoms with Crippen LogP contribution < -0.4 is 15.4 Å². The Bertz CT molecular complexity index is 885. The number of nitrogens with one attached hydrogen (secondary N) is 3. The van der Waals surface area contributed by atoms with Crippen LogP contribution >= 0.6 is 0 Å². The Labute approximate surface area is 159 Å². The van der Waals surface area contributed by atoms with Gasteiger partial charge in [-0.25, -0.2) is 22.3 Å². The minimum Gasteiger partial charge on any atom is -0.334 e. The van der Waals surface area contributed by atoms with Crippen molar-refractivity contribution >= 4 is 16.1 Å². The fourth-order valence-electron chi connectivity index (χ4n) is 2.53. The highest BCUT2D eigenvalue weighted by Crippen LogP contribution is 2.12. The van der Waals surface area contributed by atoms with Crippen LogP contribution in [0.4, 0.5) is 9.18 Å². The number of carbonyl (C=O) groups is 1. The molecular weight excluding hydrogens is 369 g/mol. The molecule has 2 rings (SSSR count). The van der Waals surface area contributed by atoms with Crippen LogP contribution in [-0.2, 0) is 28.9 Å². The van der Waals surface area contributed by atoms with Gasteiger partial charge in [-0.2, -0.15) is 0 Å². The summed E-state index contributed by atoms with van der Waals surface area (Å²) in [5.74, 6) is -0.550. The van der Waals surface area contributed by atoms with Crippen molar-refractivity contribution in [2.45, 2.75) is 38.7 Å². The van der Waals surface area contributed by atoms with E-state index in [2.05, 4.69) is 15.4 Å². The van der Waals surface area contributed by atoms with Crippen molar-refractivity contribution in [1.29, 1.82) is 0 Å². The van der Waals surface area contributed by atoms with E-state index in [1.165, 1.54) is 6.07 Å². The molecule has 0 atom stereocenters. The molecule has 0 saturated carbocycles. The van der Waals surface area contributed by atoms with Gasteiger partial charge in [-0.15, -0.1) is 0 Å². The second kappa shape index (κ2) is 9.48. The lowest BCUT2D eigenvalue weighted by molar-refractivity contribution is 0.240. The largest absolute Gasteiger partial charge is 0.334 e. The van der Waals surface area contributed by atoms with Crippen molar-refractivity contribution in [3.05, 3.63) is 71.0 Å². The van der Waals surface area contributed by atoms with Crippen molar-refractivity contribution < 1.29 is 17.6 Å². The molecular formula is C19H24FN3O3S. The molecule has 0 aliphatic carbocycles. The maximum Gasteiger partial charge on any atom is 0.315 e. The van der Waals surface area contributed by atoms with Gasteiger partial charge in [-0.05, 0) is 31.0 Å². The van der Waals surface area contributed by atoms with Gasteiger partial charge in [0, 0.05) is 24.7 Å². The smallest absolute Gasteiger partial charge is 0.315 e. The number of carbonyl (C=O) groups excluding carboxylic acids is 1. The first kappa shape index (κ1) is 20.9. The van der Waals surface area contributed by atoms with E-state index in [-0.39, 0.29) is 30.7 Å². The van der Waals surface area contributed by atoms with Crippen molar-refractivity contribution in [2.24, 2.45) is 0 Å². The number of rotatable bonds is 8. The maximum atomic E-state index is 13.6. The Morgan fingerprint density at radius 3 is 2.04 bits per heavy atom. The zero-order valence-electron chi connectivity index (χ0n) is 15.3. The molecule has 0 bridgehead atoms. The molecule has 0 radical (unpaired) electrons. The van der Waals surface area contributed by atoms with Gasteiger partial charge in [0.25, 0.3) is 0 Å². The number of amides is 2. The Hall–Kier alpha value is -2.45. The Kier molecular flexibility index (Phi) is 7.32. The van der Waals surface area contributed by atoms with Crippen LogP contribution in [0, 0.1) is 5.82 Å². The van der Waals surface area contributed by atoms with Crippen LogP contribution in [-0.4, -0.2) is 20.5 Å². The summed E-state index contributed by atoms with van der Waals surface area (Å²) in [4.78, 5) is 12.0. The molecule has 0 aliphatic rings. The van der Waals surface area contributed by atoms with Gasteiger partial charge in [-0.3, -0.25) is 0 Å². The van der Waals surface area contributed by atoms with Gasteiger partial charge in [0.05, 0.1) is 5.75 Å². The zero-order chi connectivity index (χ0) is 19.9. The first-order valence-electron chi connectivity index (χ1n) is 8.59. The van der Waals surface area contributed by atoms with Gasteiger partial charge in [0.2, 0.25) is 10.0 Å². The molecule has 0 aliphatic heterocycles. The second-order valence-corrected chi connectivity index (χ2v) is 8.18. The van der Waals surface area contributed by atoms with E-state index in [1.807, 2.05) is 0 Å². The van der Waals surface area contributed by atoms with Gasteiger partial charge < -0.3 is 10.6 Å². The van der Waals surface area contributed by atoms with Gasteiger partial charge in [0.15, 0.2) is 0 Å². The Morgan fingerprint density at radius 2 is 1.44 bits per heavy atom. The summed E-state index contributed by atoms with van der Waals surface area (Å²) in [5, 5.41) is 5.25. The second-order valence-electron chi connectivity index (χ2n) is 6.43. The lowest BCUT2D eigenvalue weighted by Crippen LogP contribution is -2.35. The summed E-state index contributed by atoms with van der Waals surface area (Å²) in [6, 6.07) is 12.6. The summed E-state index contributed by atoms with van der Waals surface area (Å²) >= 11 is 0. The lowest BCUT2D eigenvalue weighted by atomic mass is 10.1. The molecule has 2 aromatic carbocycles. The monoisotopic (exact) mass is 393 g/mol. The minimum absolute atomic E-state index is 0.0623. The molecule has 2 amide bonds. The number of hydrogen-bond acceptors (Lipinski definition) is 3. The maximum absolute atomic E-state index is 13.6. The highest BCUT2D eigenvalue weighted by Gasteiger charge is 2.15. The van der Waals surface area contributed by atoms with Crippen molar-refractivity contribution in [1.82, 2.24) is 15.4 Å². The zero-order valence-corrected chi connectivity index (χ0v) is 16.1. The van der Waals surface area contributed by atoms with Crippen molar-refractivity contribution in [2.75, 3.05) is 0 Å². The standard InChI is InChI=1S/C19H24FN3O3S/c1-14(2)23-27(25,26)13-17-9-4-3-7-15(17)11-21-19(24)22-12-16-8-5-6-10-18(16)20/h3-10,14,23H,11-13H2,1-2H3,(H2,21,22,24). The first-order valence-corrected chi connectivity index (χ1v) is 10.2. The van der Waals surface area contributed by atoms with Crippen LogP contribution in [0.1, 0.15) is 30.5 Å². The van der Waals surface area contributed by atoms with E-state index in [1.54, 1.807) is 56.3 Å². The topological polar surface area (TPSA) is 87.3 Å². The van der Waals surface area contributed by atoms with Crippen LogP contribution in [0.15, 0.2) is 48.5 Å². The Balaban J connectivity index is 1.94. The Morgan fingerprint density at radius 1 is 0.926 bits per heavy atom. The molecule has 8 heteroatoms.